The third-order valence-electron chi connectivity index (χ3n) is 5.64. The molecule has 0 nitrogen and oxygen atoms in total. The minimum Gasteiger partial charge on any atom is -0.0656 e. The van der Waals surface area contributed by atoms with E-state index in [2.05, 4.69) is 60.7 Å². The Balaban J connectivity index is 2.00. The second-order valence-corrected chi connectivity index (χ2v) is 15.4. The number of hydrogen-bond acceptors (Lipinski definition) is 0. The fourth-order valence-electron chi connectivity index (χ4n) is 3.75. The van der Waals surface area contributed by atoms with E-state index in [4.69, 9.17) is 0 Å². The molecule has 1 aromatic rings. The van der Waals surface area contributed by atoms with Gasteiger partial charge in [-0.25, -0.2) is 0 Å². The maximum Gasteiger partial charge on any atom is 0.0776 e. The molecular formula is C25H45BrSi. The molecule has 27 heavy (non-hydrogen) atoms. The van der Waals surface area contributed by atoms with Gasteiger partial charge < -0.3 is 0 Å². The highest BCUT2D eigenvalue weighted by molar-refractivity contribution is 9.10. The van der Waals surface area contributed by atoms with Gasteiger partial charge in [-0.05, 0) is 30.5 Å². The molecule has 0 saturated carbocycles. The predicted octanol–water partition coefficient (Wildman–Crippen LogP) is 9.02. The molecule has 0 fully saturated rings. The minimum atomic E-state index is -1.21. The van der Waals surface area contributed by atoms with Crippen molar-refractivity contribution in [2.24, 2.45) is 0 Å². The van der Waals surface area contributed by atoms with Gasteiger partial charge in [-0.15, -0.1) is 0 Å². The molecule has 1 rings (SSSR count). The average molecular weight is 454 g/mol. The van der Waals surface area contributed by atoms with E-state index in [1.807, 2.05) is 0 Å². The van der Waals surface area contributed by atoms with Gasteiger partial charge in [0.1, 0.15) is 0 Å². The third kappa shape index (κ3) is 12.9. The first-order valence-electron chi connectivity index (χ1n) is 11.7. The molecule has 1 aromatic carbocycles. The number of benzene rings is 1. The zero-order valence-corrected chi connectivity index (χ0v) is 21.3. The lowest BCUT2D eigenvalue weighted by molar-refractivity contribution is 0.535. The van der Waals surface area contributed by atoms with E-state index in [0.717, 1.165) is 0 Å². The van der Waals surface area contributed by atoms with Crippen LogP contribution < -0.4 is 5.19 Å². The van der Waals surface area contributed by atoms with Gasteiger partial charge in [0, 0.05) is 4.47 Å². The van der Waals surface area contributed by atoms with E-state index in [-0.39, 0.29) is 0 Å². The summed E-state index contributed by atoms with van der Waals surface area (Å²) in [6, 6.07) is 7.13. The summed E-state index contributed by atoms with van der Waals surface area (Å²) in [6.45, 7) is 9.60. The van der Waals surface area contributed by atoms with Crippen LogP contribution in [-0.4, -0.2) is 8.07 Å². The highest BCUT2D eigenvalue weighted by Gasteiger charge is 2.17. The summed E-state index contributed by atoms with van der Waals surface area (Å²) in [5, 5.41) is 1.58. The molecule has 0 aliphatic heterocycles. The van der Waals surface area contributed by atoms with E-state index in [1.165, 1.54) is 106 Å². The molecule has 0 heterocycles. The average Bonchev–Trinajstić information content (AvgIpc) is 2.61. The molecule has 0 aromatic heterocycles. The van der Waals surface area contributed by atoms with E-state index < -0.39 is 8.07 Å². The van der Waals surface area contributed by atoms with Gasteiger partial charge in [-0.1, -0.05) is 137 Å². The SMILES string of the molecule is CCCCCCCCCCCCCCCCc1cc(Br)cc([Si](C)(C)C)c1. The summed E-state index contributed by atoms with van der Waals surface area (Å²) in [7, 11) is -1.21. The lowest BCUT2D eigenvalue weighted by atomic mass is 10.0. The third-order valence-corrected chi connectivity index (χ3v) is 8.12. The summed E-state index contributed by atoms with van der Waals surface area (Å²) in [6.07, 6.45) is 21.3. The Bertz CT molecular complexity index is 490. The Hall–Kier alpha value is -0.0831. The van der Waals surface area contributed by atoms with Crippen LogP contribution in [0.4, 0.5) is 0 Å². The van der Waals surface area contributed by atoms with Crippen LogP contribution in [-0.2, 0) is 6.42 Å². The minimum absolute atomic E-state index is 1.21. The summed E-state index contributed by atoms with van der Waals surface area (Å²) < 4.78 is 1.27. The Kier molecular flexibility index (Phi) is 13.7. The molecule has 0 aliphatic rings. The van der Waals surface area contributed by atoms with Crippen LogP contribution in [0.15, 0.2) is 22.7 Å². The number of rotatable bonds is 16. The molecule has 0 unspecified atom stereocenters. The molecule has 156 valence electrons. The highest BCUT2D eigenvalue weighted by atomic mass is 79.9. The fraction of sp³-hybridized carbons (Fsp3) is 0.760. The van der Waals surface area contributed by atoms with Crippen molar-refractivity contribution in [2.45, 2.75) is 123 Å². The van der Waals surface area contributed by atoms with E-state index in [0.29, 0.717) is 0 Å². The molecule has 0 atom stereocenters. The molecule has 0 N–H and O–H groups in total. The van der Waals surface area contributed by atoms with Crippen LogP contribution in [0.3, 0.4) is 0 Å². The Labute approximate surface area is 180 Å². The Morgan fingerprint density at radius 2 is 1.07 bits per heavy atom. The molecule has 0 amide bonds. The van der Waals surface area contributed by atoms with Crippen molar-refractivity contribution in [2.75, 3.05) is 0 Å². The first-order valence-corrected chi connectivity index (χ1v) is 16.0. The number of unbranched alkanes of at least 4 members (excludes halogenated alkanes) is 13. The van der Waals surface area contributed by atoms with Gasteiger partial charge >= 0.3 is 0 Å². The molecule has 0 radical (unpaired) electrons. The van der Waals surface area contributed by atoms with Gasteiger partial charge in [0.05, 0.1) is 8.07 Å². The van der Waals surface area contributed by atoms with Gasteiger partial charge in [-0.3, -0.25) is 0 Å². The van der Waals surface area contributed by atoms with Crippen molar-refractivity contribution in [3.63, 3.8) is 0 Å². The smallest absolute Gasteiger partial charge is 0.0656 e. The van der Waals surface area contributed by atoms with Crippen LogP contribution in [0.25, 0.3) is 0 Å². The van der Waals surface area contributed by atoms with Gasteiger partial charge in [0.15, 0.2) is 0 Å². The molecule has 0 aliphatic carbocycles. The zero-order chi connectivity index (χ0) is 20.0. The highest BCUT2D eigenvalue weighted by Crippen LogP contribution is 2.17. The summed E-state index contributed by atoms with van der Waals surface area (Å²) >= 11 is 3.71. The van der Waals surface area contributed by atoms with E-state index in [1.54, 1.807) is 5.19 Å². The number of halogens is 1. The summed E-state index contributed by atoms with van der Waals surface area (Å²) in [4.78, 5) is 0. The van der Waals surface area contributed by atoms with Gasteiger partial charge in [0.25, 0.3) is 0 Å². The lowest BCUT2D eigenvalue weighted by Crippen LogP contribution is -2.37. The molecule has 0 spiro atoms. The van der Waals surface area contributed by atoms with Crippen molar-refractivity contribution in [1.82, 2.24) is 0 Å². The maximum atomic E-state index is 3.71. The van der Waals surface area contributed by atoms with Crippen molar-refractivity contribution in [3.05, 3.63) is 28.2 Å². The first kappa shape index (κ1) is 25.0. The Morgan fingerprint density at radius 3 is 1.52 bits per heavy atom. The second-order valence-electron chi connectivity index (χ2n) is 9.44. The molecule has 0 saturated heterocycles. The second kappa shape index (κ2) is 14.9. The standard InChI is InChI=1S/C25H45BrSi/c1-5-6-7-8-9-10-11-12-13-14-15-16-17-18-19-23-20-24(26)22-25(21-23)27(2,3)4/h20-22H,5-19H2,1-4H3. The van der Waals surface area contributed by atoms with Crippen LogP contribution >= 0.6 is 15.9 Å². The number of hydrogen-bond donors (Lipinski definition) is 0. The Morgan fingerprint density at radius 1 is 0.630 bits per heavy atom. The monoisotopic (exact) mass is 452 g/mol. The largest absolute Gasteiger partial charge is 0.0776 e. The van der Waals surface area contributed by atoms with Crippen molar-refractivity contribution in [3.8, 4) is 0 Å². The van der Waals surface area contributed by atoms with E-state index >= 15 is 0 Å². The molecule has 2 heteroatoms. The topological polar surface area (TPSA) is 0 Å². The van der Waals surface area contributed by atoms with Crippen molar-refractivity contribution >= 4 is 29.2 Å². The van der Waals surface area contributed by atoms with Crippen LogP contribution in [0.5, 0.6) is 0 Å². The van der Waals surface area contributed by atoms with Crippen LogP contribution in [0.2, 0.25) is 19.6 Å². The molecular weight excluding hydrogens is 408 g/mol. The number of aryl methyl sites for hydroxylation is 1. The van der Waals surface area contributed by atoms with Gasteiger partial charge in [-0.2, -0.15) is 0 Å². The fourth-order valence-corrected chi connectivity index (χ4v) is 5.71. The zero-order valence-electron chi connectivity index (χ0n) is 18.7. The van der Waals surface area contributed by atoms with Crippen molar-refractivity contribution in [1.29, 1.82) is 0 Å². The summed E-state index contributed by atoms with van der Waals surface area (Å²) in [5.41, 5.74) is 1.53. The maximum absolute atomic E-state index is 3.71. The van der Waals surface area contributed by atoms with Gasteiger partial charge in [0.2, 0.25) is 0 Å². The normalized spacial score (nSPS) is 11.9. The van der Waals surface area contributed by atoms with Crippen molar-refractivity contribution < 1.29 is 0 Å². The summed E-state index contributed by atoms with van der Waals surface area (Å²) in [5.74, 6) is 0. The lowest BCUT2D eigenvalue weighted by Gasteiger charge is -2.18. The first-order chi connectivity index (χ1) is 12.9. The predicted molar refractivity (Wildman–Crippen MR) is 131 cm³/mol. The molecule has 0 bridgehead atoms. The van der Waals surface area contributed by atoms with E-state index in [9.17, 15) is 0 Å². The van der Waals surface area contributed by atoms with Crippen LogP contribution in [0.1, 0.15) is 102 Å². The van der Waals surface area contributed by atoms with Crippen LogP contribution in [0, 0.1) is 0 Å². The quantitative estimate of drug-likeness (QED) is 0.173.